The van der Waals surface area contributed by atoms with Gasteiger partial charge in [0.25, 0.3) is 0 Å². The highest BCUT2D eigenvalue weighted by Gasteiger charge is 2.18. The van der Waals surface area contributed by atoms with Crippen molar-refractivity contribution in [2.24, 2.45) is 10.7 Å². The van der Waals surface area contributed by atoms with E-state index in [2.05, 4.69) is 15.5 Å². The summed E-state index contributed by atoms with van der Waals surface area (Å²) in [6.07, 6.45) is 4.47. The van der Waals surface area contributed by atoms with Gasteiger partial charge in [-0.3, -0.25) is 0 Å². The summed E-state index contributed by atoms with van der Waals surface area (Å²) in [4.78, 5) is 4.28. The highest BCUT2D eigenvalue weighted by molar-refractivity contribution is 5.78. The standard InChI is InChI=1S/C12H20N4O/c1-8(2)15-12(13)14-7-10-9-5-3-4-6-11(9)17-16-10/h8H,3-7H2,1-2H3,(H3,13,14,15). The average molecular weight is 236 g/mol. The van der Waals surface area contributed by atoms with Crippen molar-refractivity contribution in [3.8, 4) is 0 Å². The molecule has 1 aliphatic carbocycles. The van der Waals surface area contributed by atoms with Gasteiger partial charge in [0.15, 0.2) is 5.96 Å². The second-order valence-corrected chi connectivity index (χ2v) is 4.74. The number of nitrogens with zero attached hydrogens (tertiary/aromatic N) is 2. The summed E-state index contributed by atoms with van der Waals surface area (Å²) in [6.45, 7) is 4.56. The van der Waals surface area contributed by atoms with Gasteiger partial charge in [-0.25, -0.2) is 4.99 Å². The van der Waals surface area contributed by atoms with E-state index >= 15 is 0 Å². The van der Waals surface area contributed by atoms with Crippen molar-refractivity contribution < 1.29 is 4.52 Å². The zero-order valence-electron chi connectivity index (χ0n) is 10.5. The van der Waals surface area contributed by atoms with Crippen LogP contribution in [0.1, 0.15) is 43.7 Å². The van der Waals surface area contributed by atoms with Crippen molar-refractivity contribution in [1.29, 1.82) is 0 Å². The molecule has 0 unspecified atom stereocenters. The second-order valence-electron chi connectivity index (χ2n) is 4.74. The van der Waals surface area contributed by atoms with E-state index in [1.165, 1.54) is 18.4 Å². The summed E-state index contributed by atoms with van der Waals surface area (Å²) in [6, 6.07) is 0.296. The van der Waals surface area contributed by atoms with Crippen LogP contribution in [0.25, 0.3) is 0 Å². The Bertz CT molecular complexity index is 409. The molecule has 1 heterocycles. The Balaban J connectivity index is 2.01. The molecule has 0 aliphatic heterocycles. The first-order chi connectivity index (χ1) is 8.16. The monoisotopic (exact) mass is 236 g/mol. The number of rotatable bonds is 3. The van der Waals surface area contributed by atoms with Crippen LogP contribution < -0.4 is 11.1 Å². The third-order valence-electron chi connectivity index (χ3n) is 2.87. The quantitative estimate of drug-likeness (QED) is 0.614. The molecule has 1 aliphatic rings. The van der Waals surface area contributed by atoms with E-state index in [9.17, 15) is 0 Å². The van der Waals surface area contributed by atoms with Crippen molar-refractivity contribution in [1.82, 2.24) is 10.5 Å². The van der Waals surface area contributed by atoms with Crippen LogP contribution in [0.15, 0.2) is 9.52 Å². The molecule has 2 rings (SSSR count). The van der Waals surface area contributed by atoms with Gasteiger partial charge < -0.3 is 15.6 Å². The third kappa shape index (κ3) is 2.99. The zero-order chi connectivity index (χ0) is 12.3. The fraction of sp³-hybridized carbons (Fsp3) is 0.667. The maximum absolute atomic E-state index is 5.75. The lowest BCUT2D eigenvalue weighted by molar-refractivity contribution is 0.368. The van der Waals surface area contributed by atoms with Crippen molar-refractivity contribution >= 4 is 5.96 Å². The van der Waals surface area contributed by atoms with Crippen molar-refractivity contribution in [2.75, 3.05) is 0 Å². The first-order valence-electron chi connectivity index (χ1n) is 6.19. The highest BCUT2D eigenvalue weighted by atomic mass is 16.5. The van der Waals surface area contributed by atoms with Gasteiger partial charge in [-0.2, -0.15) is 0 Å². The van der Waals surface area contributed by atoms with Crippen LogP contribution in [0.4, 0.5) is 0 Å². The molecule has 1 aromatic heterocycles. The molecule has 3 N–H and O–H groups in total. The van der Waals surface area contributed by atoms with E-state index in [1.807, 2.05) is 13.8 Å². The first-order valence-corrected chi connectivity index (χ1v) is 6.19. The molecule has 0 bridgehead atoms. The number of aliphatic imine (C=N–C) groups is 1. The van der Waals surface area contributed by atoms with E-state index in [-0.39, 0.29) is 0 Å². The fourth-order valence-corrected chi connectivity index (χ4v) is 2.07. The van der Waals surface area contributed by atoms with Crippen molar-refractivity contribution in [3.05, 3.63) is 17.0 Å². The Hall–Kier alpha value is -1.52. The molecule has 0 amide bonds. The van der Waals surface area contributed by atoms with Crippen LogP contribution in [-0.2, 0) is 19.4 Å². The smallest absolute Gasteiger partial charge is 0.189 e. The second kappa shape index (κ2) is 5.21. The van der Waals surface area contributed by atoms with Crippen molar-refractivity contribution in [2.45, 2.75) is 52.1 Å². The molecule has 94 valence electrons. The average Bonchev–Trinajstić information content (AvgIpc) is 2.69. The molecule has 5 nitrogen and oxygen atoms in total. The number of guanidine groups is 1. The van der Waals surface area contributed by atoms with Gasteiger partial charge in [0.2, 0.25) is 0 Å². The number of aromatic nitrogens is 1. The van der Waals surface area contributed by atoms with Gasteiger partial charge in [-0.05, 0) is 33.1 Å². The van der Waals surface area contributed by atoms with Gasteiger partial charge in [0, 0.05) is 18.0 Å². The van der Waals surface area contributed by atoms with Gasteiger partial charge >= 0.3 is 0 Å². The van der Waals surface area contributed by atoms with Gasteiger partial charge in [-0.1, -0.05) is 5.16 Å². The molecule has 0 fully saturated rings. The maximum atomic E-state index is 5.75. The SMILES string of the molecule is CC(C)NC(N)=NCc1noc2c1CCCC2. The summed E-state index contributed by atoms with van der Waals surface area (Å²) in [5, 5.41) is 7.14. The molecule has 5 heteroatoms. The minimum Gasteiger partial charge on any atom is -0.370 e. The summed E-state index contributed by atoms with van der Waals surface area (Å²) in [5.41, 5.74) is 7.93. The number of aryl methyl sites for hydroxylation is 1. The first kappa shape index (κ1) is 12.0. The Morgan fingerprint density at radius 2 is 2.24 bits per heavy atom. The number of nitrogens with two attached hydrogens (primary N) is 1. The number of hydrogen-bond acceptors (Lipinski definition) is 3. The Kier molecular flexibility index (Phi) is 3.66. The van der Waals surface area contributed by atoms with E-state index in [0.717, 1.165) is 24.3 Å². The summed E-state index contributed by atoms with van der Waals surface area (Å²) in [5.74, 6) is 1.50. The molecule has 0 radical (unpaired) electrons. The predicted molar refractivity (Wildman–Crippen MR) is 66.7 cm³/mol. The zero-order valence-corrected chi connectivity index (χ0v) is 10.5. The van der Waals surface area contributed by atoms with E-state index < -0.39 is 0 Å². The highest BCUT2D eigenvalue weighted by Crippen LogP contribution is 2.24. The van der Waals surface area contributed by atoms with Crippen LogP contribution >= 0.6 is 0 Å². The normalized spacial score (nSPS) is 16.1. The molecular weight excluding hydrogens is 216 g/mol. The van der Waals surface area contributed by atoms with Crippen LogP contribution in [0.2, 0.25) is 0 Å². The van der Waals surface area contributed by atoms with Gasteiger partial charge in [0.1, 0.15) is 11.5 Å². The Morgan fingerprint density at radius 3 is 3.00 bits per heavy atom. The van der Waals surface area contributed by atoms with Crippen LogP contribution in [0.5, 0.6) is 0 Å². The maximum Gasteiger partial charge on any atom is 0.189 e. The lowest BCUT2D eigenvalue weighted by atomic mass is 9.96. The number of hydrogen-bond donors (Lipinski definition) is 2. The molecule has 1 aromatic rings. The lowest BCUT2D eigenvalue weighted by Gasteiger charge is -2.09. The fourth-order valence-electron chi connectivity index (χ4n) is 2.07. The molecule has 0 aromatic carbocycles. The third-order valence-corrected chi connectivity index (χ3v) is 2.87. The van der Waals surface area contributed by atoms with Crippen LogP contribution in [0, 0.1) is 0 Å². The molecule has 0 saturated carbocycles. The molecular formula is C12H20N4O. The minimum atomic E-state index is 0.296. The van der Waals surface area contributed by atoms with Gasteiger partial charge in [0.05, 0.1) is 6.54 Å². The molecule has 0 atom stereocenters. The number of fused-ring (bicyclic) bond motifs is 1. The number of nitrogens with one attached hydrogen (secondary N) is 1. The van der Waals surface area contributed by atoms with Crippen LogP contribution in [0.3, 0.4) is 0 Å². The minimum absolute atomic E-state index is 0.296. The topological polar surface area (TPSA) is 76.4 Å². The van der Waals surface area contributed by atoms with Crippen LogP contribution in [-0.4, -0.2) is 17.2 Å². The Labute approximate surface area is 101 Å². The van der Waals surface area contributed by atoms with E-state index in [4.69, 9.17) is 10.3 Å². The largest absolute Gasteiger partial charge is 0.370 e. The van der Waals surface area contributed by atoms with E-state index in [1.54, 1.807) is 0 Å². The van der Waals surface area contributed by atoms with Crippen molar-refractivity contribution in [3.63, 3.8) is 0 Å². The summed E-state index contributed by atoms with van der Waals surface area (Å²) >= 11 is 0. The summed E-state index contributed by atoms with van der Waals surface area (Å²) < 4.78 is 5.32. The predicted octanol–water partition coefficient (Wildman–Crippen LogP) is 1.37. The van der Waals surface area contributed by atoms with E-state index in [0.29, 0.717) is 18.5 Å². The molecule has 0 spiro atoms. The lowest BCUT2D eigenvalue weighted by Crippen LogP contribution is -2.36. The summed E-state index contributed by atoms with van der Waals surface area (Å²) in [7, 11) is 0. The van der Waals surface area contributed by atoms with Gasteiger partial charge in [-0.15, -0.1) is 0 Å². The molecule has 17 heavy (non-hydrogen) atoms. The molecule has 0 saturated heterocycles. The Morgan fingerprint density at radius 1 is 1.47 bits per heavy atom.